The average molecular weight is 389 g/mol. The predicted molar refractivity (Wildman–Crippen MR) is 95.8 cm³/mol. The topological polar surface area (TPSA) is 57.7 Å². The van der Waals surface area contributed by atoms with Gasteiger partial charge in [0.1, 0.15) is 4.90 Å². The van der Waals surface area contributed by atoms with Crippen molar-refractivity contribution in [3.05, 3.63) is 52.5 Å². The van der Waals surface area contributed by atoms with Gasteiger partial charge in [0.2, 0.25) is 15.9 Å². The van der Waals surface area contributed by atoms with E-state index in [1.54, 1.807) is 23.1 Å². The van der Waals surface area contributed by atoms with Crippen molar-refractivity contribution in [2.24, 2.45) is 0 Å². The lowest BCUT2D eigenvalue weighted by Crippen LogP contribution is -2.50. The van der Waals surface area contributed by atoms with Crippen LogP contribution in [0.15, 0.2) is 47.4 Å². The Kier molecular flexibility index (Phi) is 6.46. The molecular weight excluding hydrogens is 371 g/mol. The molecule has 0 aromatic heterocycles. The second-order valence-electron chi connectivity index (χ2n) is 5.17. The number of sulfonamides is 1. The van der Waals surface area contributed by atoms with Crippen LogP contribution in [0.3, 0.4) is 0 Å². The van der Waals surface area contributed by atoms with Crippen molar-refractivity contribution in [1.82, 2.24) is 9.21 Å². The number of carbonyl (C=O) groups is 1. The van der Waals surface area contributed by atoms with Crippen LogP contribution in [-0.4, -0.2) is 49.7 Å². The van der Waals surface area contributed by atoms with Crippen molar-refractivity contribution < 1.29 is 13.2 Å². The molecule has 0 spiro atoms. The third kappa shape index (κ3) is 4.19. The van der Waals surface area contributed by atoms with Gasteiger partial charge in [0.25, 0.3) is 0 Å². The van der Waals surface area contributed by atoms with E-state index in [4.69, 9.17) is 23.2 Å². The lowest BCUT2D eigenvalue weighted by atomic mass is 10.3. The third-order valence-corrected chi connectivity index (χ3v) is 6.46. The van der Waals surface area contributed by atoms with Crippen LogP contribution < -0.4 is 0 Å². The first-order chi connectivity index (χ1) is 11.4. The zero-order valence-corrected chi connectivity index (χ0v) is 15.5. The first kappa shape index (κ1) is 19.0. The Morgan fingerprint density at radius 2 is 1.67 bits per heavy atom. The largest absolute Gasteiger partial charge is 0.337 e. The number of halogens is 2. The molecule has 0 saturated carbocycles. The molecule has 0 atom stereocenters. The zero-order chi connectivity index (χ0) is 17.7. The van der Waals surface area contributed by atoms with Crippen molar-refractivity contribution in [3.8, 4) is 0 Å². The summed E-state index contributed by atoms with van der Waals surface area (Å²) in [6.45, 7) is 2.90. The molecule has 1 saturated heterocycles. The molecule has 24 heavy (non-hydrogen) atoms. The van der Waals surface area contributed by atoms with Crippen LogP contribution in [0, 0.1) is 0 Å². The molecule has 0 N–H and O–H groups in total. The maximum absolute atomic E-state index is 12.7. The zero-order valence-electron chi connectivity index (χ0n) is 13.2. The van der Waals surface area contributed by atoms with Crippen LogP contribution in [0.25, 0.3) is 0 Å². The SMILES string of the molecule is C/C=C/C=C/C(=O)N1CCN(S(=O)(=O)c2c(Cl)cccc2Cl)CC1. The summed E-state index contributed by atoms with van der Waals surface area (Å²) < 4.78 is 26.8. The summed E-state index contributed by atoms with van der Waals surface area (Å²) in [7, 11) is -3.79. The molecule has 5 nitrogen and oxygen atoms in total. The van der Waals surface area contributed by atoms with Crippen LogP contribution in [-0.2, 0) is 14.8 Å². The van der Waals surface area contributed by atoms with Gasteiger partial charge in [0.05, 0.1) is 10.0 Å². The van der Waals surface area contributed by atoms with E-state index in [9.17, 15) is 13.2 Å². The molecule has 1 aliphatic rings. The van der Waals surface area contributed by atoms with E-state index in [0.29, 0.717) is 13.1 Å². The second kappa shape index (κ2) is 8.16. The highest BCUT2D eigenvalue weighted by Crippen LogP contribution is 2.31. The van der Waals surface area contributed by atoms with Gasteiger partial charge in [-0.05, 0) is 19.1 Å². The third-order valence-electron chi connectivity index (χ3n) is 3.61. The molecule has 1 heterocycles. The summed E-state index contributed by atoms with van der Waals surface area (Å²) in [5.74, 6) is -0.138. The van der Waals surface area contributed by atoms with Gasteiger partial charge in [-0.25, -0.2) is 8.42 Å². The molecule has 1 aromatic carbocycles. The van der Waals surface area contributed by atoms with Crippen LogP contribution >= 0.6 is 23.2 Å². The summed E-state index contributed by atoms with van der Waals surface area (Å²) in [6, 6.07) is 4.58. The van der Waals surface area contributed by atoms with E-state index >= 15 is 0 Å². The molecule has 0 aliphatic carbocycles. The Bertz CT molecular complexity index is 747. The van der Waals surface area contributed by atoms with Gasteiger partial charge in [-0.1, -0.05) is 47.5 Å². The van der Waals surface area contributed by atoms with Gasteiger partial charge >= 0.3 is 0 Å². The number of benzene rings is 1. The fraction of sp³-hybridized carbons (Fsp3) is 0.312. The van der Waals surface area contributed by atoms with Gasteiger partial charge in [-0.3, -0.25) is 4.79 Å². The minimum Gasteiger partial charge on any atom is -0.337 e. The number of hydrogen-bond acceptors (Lipinski definition) is 3. The Morgan fingerprint density at radius 3 is 2.21 bits per heavy atom. The molecule has 1 aromatic rings. The lowest BCUT2D eigenvalue weighted by Gasteiger charge is -2.33. The molecule has 2 rings (SSSR count). The molecule has 1 aliphatic heterocycles. The van der Waals surface area contributed by atoms with Crippen molar-refractivity contribution in [1.29, 1.82) is 0 Å². The fourth-order valence-corrected chi connectivity index (χ4v) is 4.87. The first-order valence-electron chi connectivity index (χ1n) is 7.40. The number of hydrogen-bond donors (Lipinski definition) is 0. The number of allylic oxidation sites excluding steroid dienone is 3. The molecule has 130 valence electrons. The predicted octanol–water partition coefficient (Wildman–Crippen LogP) is 2.96. The van der Waals surface area contributed by atoms with Crippen molar-refractivity contribution in [2.45, 2.75) is 11.8 Å². The smallest absolute Gasteiger partial charge is 0.246 e. The van der Waals surface area contributed by atoms with E-state index in [-0.39, 0.29) is 33.9 Å². The quantitative estimate of drug-likeness (QED) is 0.588. The molecule has 8 heteroatoms. The maximum Gasteiger partial charge on any atom is 0.246 e. The average Bonchev–Trinajstić information content (AvgIpc) is 2.54. The van der Waals surface area contributed by atoms with E-state index < -0.39 is 10.0 Å². The van der Waals surface area contributed by atoms with Gasteiger partial charge in [-0.15, -0.1) is 0 Å². The number of nitrogens with zero attached hydrogens (tertiary/aromatic N) is 2. The first-order valence-corrected chi connectivity index (χ1v) is 9.60. The molecule has 0 unspecified atom stereocenters. The monoisotopic (exact) mass is 388 g/mol. The van der Waals surface area contributed by atoms with E-state index in [1.807, 2.05) is 13.0 Å². The number of carbonyl (C=O) groups excluding carboxylic acids is 1. The van der Waals surface area contributed by atoms with Crippen LogP contribution in [0.2, 0.25) is 10.0 Å². The van der Waals surface area contributed by atoms with Crippen molar-refractivity contribution in [2.75, 3.05) is 26.2 Å². The minimum absolute atomic E-state index is 0.0823. The summed E-state index contributed by atoms with van der Waals surface area (Å²) in [4.78, 5) is 13.5. The van der Waals surface area contributed by atoms with Gasteiger partial charge in [0, 0.05) is 32.3 Å². The summed E-state index contributed by atoms with van der Waals surface area (Å²) in [5, 5.41) is 0.186. The number of rotatable bonds is 4. The summed E-state index contributed by atoms with van der Waals surface area (Å²) in [6.07, 6.45) is 6.71. The molecule has 0 bridgehead atoms. The maximum atomic E-state index is 12.7. The molecular formula is C16H18Cl2N2O3S. The second-order valence-corrected chi connectivity index (χ2v) is 7.85. The summed E-state index contributed by atoms with van der Waals surface area (Å²) in [5.41, 5.74) is 0. The van der Waals surface area contributed by atoms with E-state index in [0.717, 1.165) is 0 Å². The van der Waals surface area contributed by atoms with Gasteiger partial charge in [-0.2, -0.15) is 4.31 Å². The van der Waals surface area contributed by atoms with Crippen LogP contribution in [0.4, 0.5) is 0 Å². The fourth-order valence-electron chi connectivity index (χ4n) is 2.36. The Balaban J connectivity index is 2.10. The van der Waals surface area contributed by atoms with Crippen molar-refractivity contribution in [3.63, 3.8) is 0 Å². The highest BCUT2D eigenvalue weighted by molar-refractivity contribution is 7.89. The molecule has 1 amide bonds. The minimum atomic E-state index is -3.79. The normalized spacial score (nSPS) is 17.0. The Morgan fingerprint density at radius 1 is 1.08 bits per heavy atom. The van der Waals surface area contributed by atoms with Crippen molar-refractivity contribution >= 4 is 39.1 Å². The molecule has 1 fully saturated rings. The highest BCUT2D eigenvalue weighted by Gasteiger charge is 2.32. The van der Waals surface area contributed by atoms with E-state index in [2.05, 4.69) is 0 Å². The van der Waals surface area contributed by atoms with Gasteiger partial charge in [0.15, 0.2) is 0 Å². The Labute approximate surface area is 152 Å². The Hall–Kier alpha value is -1.34. The highest BCUT2D eigenvalue weighted by atomic mass is 35.5. The number of piperazine rings is 1. The molecule has 0 radical (unpaired) electrons. The summed E-state index contributed by atoms with van der Waals surface area (Å²) >= 11 is 12.0. The van der Waals surface area contributed by atoms with E-state index in [1.165, 1.54) is 22.5 Å². The number of amides is 1. The lowest BCUT2D eigenvalue weighted by molar-refractivity contribution is -0.127. The van der Waals surface area contributed by atoms with Gasteiger partial charge < -0.3 is 4.90 Å². The standard InChI is InChI=1S/C16H18Cl2N2O3S/c1-2-3-4-8-15(21)19-9-11-20(12-10-19)24(22,23)16-13(17)6-5-7-14(16)18/h2-8H,9-12H2,1H3/b3-2+,8-4+. The van der Waals surface area contributed by atoms with Crippen LogP contribution in [0.5, 0.6) is 0 Å². The van der Waals surface area contributed by atoms with Crippen LogP contribution in [0.1, 0.15) is 6.92 Å².